The summed E-state index contributed by atoms with van der Waals surface area (Å²) in [4.78, 5) is 21.3. The number of hydrogen-bond acceptors (Lipinski definition) is 7. The molecule has 5 N–H and O–H groups in total. The zero-order valence-electron chi connectivity index (χ0n) is 16.8. The number of hydrogen-bond donors (Lipinski definition) is 3. The number of benzene rings is 1. The number of nitrogens with two attached hydrogens (primary N) is 2. The van der Waals surface area contributed by atoms with E-state index < -0.39 is 0 Å². The summed E-state index contributed by atoms with van der Waals surface area (Å²) in [7, 11) is 0. The lowest BCUT2D eigenvalue weighted by Gasteiger charge is -2.38. The van der Waals surface area contributed by atoms with E-state index in [2.05, 4.69) is 26.2 Å². The van der Waals surface area contributed by atoms with Gasteiger partial charge in [-0.25, -0.2) is 4.98 Å². The van der Waals surface area contributed by atoms with Crippen molar-refractivity contribution < 1.29 is 4.79 Å². The average molecular weight is 395 g/mol. The van der Waals surface area contributed by atoms with Gasteiger partial charge >= 0.3 is 0 Å². The van der Waals surface area contributed by atoms with Gasteiger partial charge in [-0.15, -0.1) is 0 Å². The van der Waals surface area contributed by atoms with Crippen LogP contribution in [0, 0.1) is 0 Å². The molecule has 0 aliphatic carbocycles. The van der Waals surface area contributed by atoms with Crippen molar-refractivity contribution >= 4 is 29.2 Å². The summed E-state index contributed by atoms with van der Waals surface area (Å²) in [5.41, 5.74) is 15.6. The van der Waals surface area contributed by atoms with Gasteiger partial charge in [0.05, 0.1) is 11.4 Å². The number of para-hydroxylation sites is 1. The number of carbonyl (C=O) groups excluding carboxylic acids is 1. The highest BCUT2D eigenvalue weighted by Crippen LogP contribution is 2.37. The maximum absolute atomic E-state index is 12.0. The van der Waals surface area contributed by atoms with Gasteiger partial charge in [-0.05, 0) is 37.8 Å². The van der Waals surface area contributed by atoms with Crippen molar-refractivity contribution in [2.75, 3.05) is 41.3 Å². The lowest BCUT2D eigenvalue weighted by atomic mass is 10.0. The number of anilines is 4. The minimum atomic E-state index is 0.231. The summed E-state index contributed by atoms with van der Waals surface area (Å²) < 4.78 is 0. The zero-order valence-corrected chi connectivity index (χ0v) is 16.8. The second-order valence-corrected chi connectivity index (χ2v) is 8.02. The smallest absolute Gasteiger partial charge is 0.170 e. The zero-order chi connectivity index (χ0) is 20.2. The highest BCUT2D eigenvalue weighted by atomic mass is 16.1. The Balaban J connectivity index is 1.72. The summed E-state index contributed by atoms with van der Waals surface area (Å²) in [6, 6.07) is 12.4. The topological polar surface area (TPSA) is 101 Å². The van der Waals surface area contributed by atoms with Crippen molar-refractivity contribution in [3.8, 4) is 0 Å². The molecule has 0 bridgehead atoms. The quantitative estimate of drug-likeness (QED) is 0.670. The molecule has 4 rings (SSSR count). The maximum Gasteiger partial charge on any atom is 0.170 e. The van der Waals surface area contributed by atoms with Crippen LogP contribution < -0.4 is 26.6 Å². The van der Waals surface area contributed by atoms with Crippen LogP contribution in [0.3, 0.4) is 0 Å². The molecule has 0 radical (unpaired) electrons. The summed E-state index contributed by atoms with van der Waals surface area (Å²) in [5, 5.41) is 3.34. The van der Waals surface area contributed by atoms with Gasteiger partial charge in [0, 0.05) is 50.0 Å². The Labute approximate surface area is 172 Å². The third-order valence-electron chi connectivity index (χ3n) is 5.89. The van der Waals surface area contributed by atoms with Crippen LogP contribution in [0.5, 0.6) is 0 Å². The Morgan fingerprint density at radius 1 is 0.931 bits per heavy atom. The highest BCUT2D eigenvalue weighted by molar-refractivity contribution is 5.91. The lowest BCUT2D eigenvalue weighted by molar-refractivity contribution is 0.111. The minimum Gasteiger partial charge on any atom is -0.370 e. The Bertz CT molecular complexity index is 827. The van der Waals surface area contributed by atoms with E-state index in [0.29, 0.717) is 11.5 Å². The number of nitrogens with one attached hydrogen (secondary N) is 1. The third-order valence-corrected chi connectivity index (χ3v) is 5.89. The van der Waals surface area contributed by atoms with Crippen LogP contribution in [0.4, 0.5) is 22.9 Å². The van der Waals surface area contributed by atoms with E-state index >= 15 is 0 Å². The molecule has 7 nitrogen and oxygen atoms in total. The first-order valence-electron chi connectivity index (χ1n) is 10.5. The fourth-order valence-electron chi connectivity index (χ4n) is 4.19. The molecule has 0 unspecified atom stereocenters. The van der Waals surface area contributed by atoms with Crippen LogP contribution in [0.1, 0.15) is 36.2 Å². The SMILES string of the molecule is NC1CCN(c2cc(Nc3ccccc3)nc(C=O)c2N2CCC(N)CC2)CC1. The molecule has 2 fully saturated rings. The number of piperidine rings is 2. The van der Waals surface area contributed by atoms with Crippen molar-refractivity contribution in [2.45, 2.75) is 37.8 Å². The molecule has 29 heavy (non-hydrogen) atoms. The number of nitrogens with zero attached hydrogens (tertiary/aromatic N) is 3. The molecule has 0 spiro atoms. The van der Waals surface area contributed by atoms with Crippen molar-refractivity contribution in [3.05, 3.63) is 42.1 Å². The van der Waals surface area contributed by atoms with Gasteiger partial charge in [-0.3, -0.25) is 4.79 Å². The van der Waals surface area contributed by atoms with Crippen molar-refractivity contribution in [3.63, 3.8) is 0 Å². The molecule has 3 heterocycles. The van der Waals surface area contributed by atoms with E-state index in [0.717, 1.165) is 75.2 Å². The average Bonchev–Trinajstić information content (AvgIpc) is 2.75. The van der Waals surface area contributed by atoms with Gasteiger partial charge in [0.15, 0.2) is 6.29 Å². The standard InChI is InChI=1S/C22H30N6O/c23-16-6-10-27(11-7-16)20-14-21(25-18-4-2-1-3-5-18)26-19(15-29)22(20)28-12-8-17(24)9-13-28/h1-5,14-17H,6-13,23-24H2,(H,25,26). The van der Waals surface area contributed by atoms with E-state index in [-0.39, 0.29) is 12.1 Å². The van der Waals surface area contributed by atoms with Crippen LogP contribution in [0.15, 0.2) is 36.4 Å². The number of aldehydes is 1. The molecule has 0 saturated carbocycles. The van der Waals surface area contributed by atoms with E-state index in [1.807, 2.05) is 30.3 Å². The van der Waals surface area contributed by atoms with Gasteiger partial charge < -0.3 is 26.6 Å². The van der Waals surface area contributed by atoms with Crippen LogP contribution in [0.2, 0.25) is 0 Å². The Morgan fingerprint density at radius 2 is 1.52 bits per heavy atom. The normalized spacial score (nSPS) is 18.7. The molecule has 1 aromatic heterocycles. The molecule has 2 saturated heterocycles. The second-order valence-electron chi connectivity index (χ2n) is 8.02. The number of rotatable bonds is 5. The first-order valence-corrected chi connectivity index (χ1v) is 10.5. The molecule has 1 aromatic carbocycles. The van der Waals surface area contributed by atoms with Gasteiger partial charge in [-0.1, -0.05) is 18.2 Å². The first-order chi connectivity index (χ1) is 14.1. The van der Waals surface area contributed by atoms with Crippen LogP contribution >= 0.6 is 0 Å². The van der Waals surface area contributed by atoms with Crippen molar-refractivity contribution in [1.82, 2.24) is 4.98 Å². The molecule has 2 aliphatic rings. The maximum atomic E-state index is 12.0. The monoisotopic (exact) mass is 394 g/mol. The van der Waals surface area contributed by atoms with Crippen LogP contribution in [-0.4, -0.2) is 49.5 Å². The molecule has 2 aliphatic heterocycles. The number of aromatic nitrogens is 1. The van der Waals surface area contributed by atoms with Crippen molar-refractivity contribution in [2.24, 2.45) is 11.5 Å². The largest absolute Gasteiger partial charge is 0.370 e. The van der Waals surface area contributed by atoms with Crippen LogP contribution in [0.25, 0.3) is 0 Å². The van der Waals surface area contributed by atoms with Gasteiger partial charge in [0.2, 0.25) is 0 Å². The van der Waals surface area contributed by atoms with Crippen molar-refractivity contribution in [1.29, 1.82) is 0 Å². The second kappa shape index (κ2) is 8.80. The Morgan fingerprint density at radius 3 is 2.10 bits per heavy atom. The van der Waals surface area contributed by atoms with Crippen LogP contribution in [-0.2, 0) is 0 Å². The molecule has 154 valence electrons. The lowest BCUT2D eigenvalue weighted by Crippen LogP contribution is -2.43. The van der Waals surface area contributed by atoms with E-state index in [9.17, 15) is 4.79 Å². The third kappa shape index (κ3) is 4.52. The molecule has 0 atom stereocenters. The fourth-order valence-corrected chi connectivity index (χ4v) is 4.19. The van der Waals surface area contributed by atoms with Gasteiger partial charge in [0.1, 0.15) is 11.5 Å². The number of pyridine rings is 1. The fraction of sp³-hybridized carbons (Fsp3) is 0.455. The molecule has 2 aromatic rings. The molecular weight excluding hydrogens is 364 g/mol. The summed E-state index contributed by atoms with van der Waals surface area (Å²) >= 11 is 0. The Kier molecular flexibility index (Phi) is 5.97. The van der Waals surface area contributed by atoms with E-state index in [4.69, 9.17) is 11.5 Å². The Hall–Kier alpha value is -2.64. The van der Waals surface area contributed by atoms with E-state index in [1.54, 1.807) is 0 Å². The molecule has 0 amide bonds. The first kappa shape index (κ1) is 19.7. The van der Waals surface area contributed by atoms with Gasteiger partial charge in [-0.2, -0.15) is 0 Å². The number of carbonyl (C=O) groups is 1. The predicted molar refractivity (Wildman–Crippen MR) is 118 cm³/mol. The highest BCUT2D eigenvalue weighted by Gasteiger charge is 2.27. The summed E-state index contributed by atoms with van der Waals surface area (Å²) in [5.74, 6) is 0.681. The predicted octanol–water partition coefficient (Wildman–Crippen LogP) is 2.49. The molecular formula is C22H30N6O. The summed E-state index contributed by atoms with van der Waals surface area (Å²) in [6.07, 6.45) is 4.62. The van der Waals surface area contributed by atoms with E-state index in [1.165, 1.54) is 0 Å². The summed E-state index contributed by atoms with van der Waals surface area (Å²) in [6.45, 7) is 3.45. The van der Waals surface area contributed by atoms with Gasteiger partial charge in [0.25, 0.3) is 0 Å². The minimum absolute atomic E-state index is 0.231. The molecule has 7 heteroatoms.